The largest absolute Gasteiger partial charge is 0.370 e. The Hall–Kier alpha value is -1.10. The third-order valence-electron chi connectivity index (χ3n) is 1.91. The average Bonchev–Trinajstić information content (AvgIpc) is 2.67. The molecular weight excluding hydrogens is 208 g/mol. The van der Waals surface area contributed by atoms with Gasteiger partial charge in [0.25, 0.3) is 0 Å². The highest BCUT2D eigenvalue weighted by Gasteiger charge is 2.23. The number of aliphatic imine (C=N–C) groups is 1. The molecule has 0 bridgehead atoms. The van der Waals surface area contributed by atoms with Gasteiger partial charge in [-0.15, -0.1) is 11.3 Å². The number of rotatable bonds is 4. The molecule has 5 heteroatoms. The Morgan fingerprint density at radius 2 is 2.40 bits per heavy atom. The zero-order valence-electron chi connectivity index (χ0n) is 9.45. The Kier molecular flexibility index (Phi) is 4.08. The van der Waals surface area contributed by atoms with E-state index < -0.39 is 0 Å². The lowest BCUT2D eigenvalue weighted by Crippen LogP contribution is -2.45. The van der Waals surface area contributed by atoms with Crippen LogP contribution >= 0.6 is 11.3 Å². The summed E-state index contributed by atoms with van der Waals surface area (Å²) in [5.41, 5.74) is 5.51. The van der Waals surface area contributed by atoms with Crippen molar-refractivity contribution in [2.24, 2.45) is 10.7 Å². The van der Waals surface area contributed by atoms with Crippen molar-refractivity contribution in [3.63, 3.8) is 0 Å². The molecule has 0 aliphatic rings. The quantitative estimate of drug-likeness (QED) is 0.606. The highest BCUT2D eigenvalue weighted by Crippen LogP contribution is 2.21. The first kappa shape index (κ1) is 12.0. The SMILES string of the molecule is CCCN=C(N)NC(C)(C)c1nccs1. The minimum Gasteiger partial charge on any atom is -0.370 e. The van der Waals surface area contributed by atoms with E-state index in [-0.39, 0.29) is 5.54 Å². The van der Waals surface area contributed by atoms with Crippen LogP contribution in [0.25, 0.3) is 0 Å². The zero-order chi connectivity index (χ0) is 11.3. The van der Waals surface area contributed by atoms with Crippen LogP contribution in [0.3, 0.4) is 0 Å². The summed E-state index contributed by atoms with van der Waals surface area (Å²) >= 11 is 1.61. The Morgan fingerprint density at radius 1 is 1.67 bits per heavy atom. The molecule has 0 radical (unpaired) electrons. The maximum absolute atomic E-state index is 5.77. The molecule has 0 aliphatic heterocycles. The third-order valence-corrected chi connectivity index (χ3v) is 3.01. The molecule has 0 aromatic carbocycles. The molecule has 0 aliphatic carbocycles. The second kappa shape index (κ2) is 5.11. The van der Waals surface area contributed by atoms with Gasteiger partial charge in [0.1, 0.15) is 5.01 Å². The summed E-state index contributed by atoms with van der Waals surface area (Å²) in [7, 11) is 0. The molecule has 0 spiro atoms. The van der Waals surface area contributed by atoms with Crippen LogP contribution in [0.15, 0.2) is 16.6 Å². The van der Waals surface area contributed by atoms with Gasteiger partial charge in [-0.1, -0.05) is 6.92 Å². The molecule has 15 heavy (non-hydrogen) atoms. The highest BCUT2D eigenvalue weighted by molar-refractivity contribution is 7.09. The molecule has 0 fully saturated rings. The van der Waals surface area contributed by atoms with Gasteiger partial charge in [-0.25, -0.2) is 4.98 Å². The number of nitrogens with two attached hydrogens (primary N) is 1. The molecular formula is C10H18N4S. The predicted molar refractivity (Wildman–Crippen MR) is 65.1 cm³/mol. The van der Waals surface area contributed by atoms with Crippen LogP contribution in [0.1, 0.15) is 32.2 Å². The van der Waals surface area contributed by atoms with E-state index in [1.54, 1.807) is 17.5 Å². The summed E-state index contributed by atoms with van der Waals surface area (Å²) in [5, 5.41) is 6.14. The summed E-state index contributed by atoms with van der Waals surface area (Å²) < 4.78 is 0. The first-order valence-electron chi connectivity index (χ1n) is 5.04. The fourth-order valence-electron chi connectivity index (χ4n) is 1.18. The van der Waals surface area contributed by atoms with E-state index in [4.69, 9.17) is 5.73 Å². The van der Waals surface area contributed by atoms with Crippen LogP contribution in [0.4, 0.5) is 0 Å². The first-order valence-corrected chi connectivity index (χ1v) is 5.92. The van der Waals surface area contributed by atoms with Gasteiger partial charge in [0.2, 0.25) is 0 Å². The molecule has 0 saturated heterocycles. The zero-order valence-corrected chi connectivity index (χ0v) is 10.3. The van der Waals surface area contributed by atoms with Gasteiger partial charge in [-0.05, 0) is 20.3 Å². The summed E-state index contributed by atoms with van der Waals surface area (Å²) in [6, 6.07) is 0. The van der Waals surface area contributed by atoms with Crippen molar-refractivity contribution in [3.8, 4) is 0 Å². The van der Waals surface area contributed by atoms with Crippen molar-refractivity contribution < 1.29 is 0 Å². The molecule has 0 saturated carbocycles. The van der Waals surface area contributed by atoms with Crippen LogP contribution < -0.4 is 11.1 Å². The Morgan fingerprint density at radius 3 is 2.93 bits per heavy atom. The van der Waals surface area contributed by atoms with Gasteiger partial charge in [-0.3, -0.25) is 4.99 Å². The van der Waals surface area contributed by atoms with E-state index in [1.807, 2.05) is 19.2 Å². The molecule has 84 valence electrons. The highest BCUT2D eigenvalue weighted by atomic mass is 32.1. The molecule has 0 amide bonds. The number of thiazole rings is 1. The molecule has 4 nitrogen and oxygen atoms in total. The van der Waals surface area contributed by atoms with Crippen molar-refractivity contribution in [1.29, 1.82) is 0 Å². The fraction of sp³-hybridized carbons (Fsp3) is 0.600. The minimum absolute atomic E-state index is 0.254. The maximum atomic E-state index is 5.77. The van der Waals surface area contributed by atoms with Crippen molar-refractivity contribution in [2.45, 2.75) is 32.7 Å². The number of guanidine groups is 1. The van der Waals surface area contributed by atoms with E-state index in [2.05, 4.69) is 22.2 Å². The van der Waals surface area contributed by atoms with Gasteiger partial charge in [0, 0.05) is 18.1 Å². The van der Waals surface area contributed by atoms with Crippen LogP contribution in [0.5, 0.6) is 0 Å². The topological polar surface area (TPSA) is 63.3 Å². The van der Waals surface area contributed by atoms with Gasteiger partial charge in [-0.2, -0.15) is 0 Å². The van der Waals surface area contributed by atoms with Crippen molar-refractivity contribution in [2.75, 3.05) is 6.54 Å². The number of aromatic nitrogens is 1. The van der Waals surface area contributed by atoms with Crippen LogP contribution in [-0.4, -0.2) is 17.5 Å². The van der Waals surface area contributed by atoms with E-state index in [0.717, 1.165) is 18.0 Å². The van der Waals surface area contributed by atoms with Crippen molar-refractivity contribution in [3.05, 3.63) is 16.6 Å². The van der Waals surface area contributed by atoms with Gasteiger partial charge in [0.15, 0.2) is 5.96 Å². The lowest BCUT2D eigenvalue weighted by Gasteiger charge is -2.24. The molecule has 1 rings (SSSR count). The van der Waals surface area contributed by atoms with Crippen molar-refractivity contribution >= 4 is 17.3 Å². The Balaban J connectivity index is 2.64. The van der Waals surface area contributed by atoms with Crippen LogP contribution in [-0.2, 0) is 5.54 Å². The minimum atomic E-state index is -0.254. The molecule has 3 N–H and O–H groups in total. The van der Waals surface area contributed by atoms with Gasteiger partial charge < -0.3 is 11.1 Å². The lowest BCUT2D eigenvalue weighted by atomic mass is 10.1. The van der Waals surface area contributed by atoms with E-state index in [9.17, 15) is 0 Å². The monoisotopic (exact) mass is 226 g/mol. The number of hydrogen-bond acceptors (Lipinski definition) is 3. The summed E-state index contributed by atoms with van der Waals surface area (Å²) in [6.07, 6.45) is 2.79. The van der Waals surface area contributed by atoms with E-state index in [0.29, 0.717) is 5.96 Å². The Bertz CT molecular complexity index is 316. The molecule has 0 unspecified atom stereocenters. The normalized spacial score (nSPS) is 12.9. The molecule has 1 aromatic heterocycles. The molecule has 1 heterocycles. The number of nitrogens with zero attached hydrogens (tertiary/aromatic N) is 2. The number of nitrogens with one attached hydrogen (secondary N) is 1. The fourth-order valence-corrected chi connectivity index (χ4v) is 1.90. The lowest BCUT2D eigenvalue weighted by molar-refractivity contribution is 0.480. The van der Waals surface area contributed by atoms with E-state index >= 15 is 0 Å². The van der Waals surface area contributed by atoms with Crippen molar-refractivity contribution in [1.82, 2.24) is 10.3 Å². The first-order chi connectivity index (χ1) is 7.06. The Labute approximate surface area is 94.6 Å². The number of hydrogen-bond donors (Lipinski definition) is 2. The summed E-state index contributed by atoms with van der Waals surface area (Å²) in [4.78, 5) is 8.46. The smallest absolute Gasteiger partial charge is 0.189 e. The predicted octanol–water partition coefficient (Wildman–Crippen LogP) is 1.69. The summed E-state index contributed by atoms with van der Waals surface area (Å²) in [6.45, 7) is 6.91. The standard InChI is InChI=1S/C10H18N4S/c1-4-5-13-9(11)14-10(2,3)8-12-6-7-15-8/h6-7H,4-5H2,1-3H3,(H3,11,13,14). The second-order valence-electron chi connectivity index (χ2n) is 3.85. The molecule has 0 atom stereocenters. The second-order valence-corrected chi connectivity index (χ2v) is 4.75. The van der Waals surface area contributed by atoms with E-state index in [1.165, 1.54) is 0 Å². The maximum Gasteiger partial charge on any atom is 0.189 e. The summed E-state index contributed by atoms with van der Waals surface area (Å²) in [5.74, 6) is 0.483. The third kappa shape index (κ3) is 3.51. The van der Waals surface area contributed by atoms with Crippen LogP contribution in [0.2, 0.25) is 0 Å². The average molecular weight is 226 g/mol. The molecule has 1 aromatic rings. The van der Waals surface area contributed by atoms with Gasteiger partial charge in [0.05, 0.1) is 5.54 Å². The van der Waals surface area contributed by atoms with Crippen LogP contribution in [0, 0.1) is 0 Å². The van der Waals surface area contributed by atoms with Gasteiger partial charge >= 0.3 is 0 Å².